The maximum atomic E-state index is 13.4. The molecule has 30 heavy (non-hydrogen) atoms. The van der Waals surface area contributed by atoms with Crippen LogP contribution in [0.5, 0.6) is 11.5 Å². The molecule has 7 heteroatoms. The lowest BCUT2D eigenvalue weighted by atomic mass is 10.1. The van der Waals surface area contributed by atoms with Crippen molar-refractivity contribution in [1.82, 2.24) is 5.16 Å². The molecule has 0 spiro atoms. The second kappa shape index (κ2) is 9.26. The monoisotopic (exact) mass is 410 g/mol. The number of aryl methyl sites for hydroxylation is 3. The van der Waals surface area contributed by atoms with Crippen molar-refractivity contribution in [3.63, 3.8) is 0 Å². The minimum Gasteiger partial charge on any atom is -0.493 e. The normalized spacial score (nSPS) is 11.0. The average molecular weight is 410 g/mol. The molecule has 156 valence electrons. The molecule has 0 aliphatic heterocycles. The summed E-state index contributed by atoms with van der Waals surface area (Å²) < 4.78 is 29.8. The number of ether oxygens (including phenoxy) is 2. The van der Waals surface area contributed by atoms with Gasteiger partial charge in [-0.25, -0.2) is 4.39 Å². The summed E-state index contributed by atoms with van der Waals surface area (Å²) >= 11 is 0. The van der Waals surface area contributed by atoms with Gasteiger partial charge in [0, 0.05) is 11.8 Å². The van der Waals surface area contributed by atoms with Gasteiger partial charge in [-0.05, 0) is 62.2 Å². The van der Waals surface area contributed by atoms with Gasteiger partial charge in [0.2, 0.25) is 5.91 Å². The fraction of sp³-hybridized carbons (Fsp3) is 0.217. The number of benzene rings is 2. The summed E-state index contributed by atoms with van der Waals surface area (Å²) in [7, 11) is 1.55. The lowest BCUT2D eigenvalue weighted by molar-refractivity contribution is -0.111. The minimum absolute atomic E-state index is 0.308. The van der Waals surface area contributed by atoms with Gasteiger partial charge in [0.15, 0.2) is 11.5 Å². The largest absolute Gasteiger partial charge is 0.493 e. The number of methoxy groups -OCH3 is 1. The Kier molecular flexibility index (Phi) is 6.51. The Morgan fingerprint density at radius 2 is 1.97 bits per heavy atom. The van der Waals surface area contributed by atoms with Gasteiger partial charge in [-0.15, -0.1) is 0 Å². The van der Waals surface area contributed by atoms with Crippen molar-refractivity contribution in [3.05, 3.63) is 76.4 Å². The number of amides is 1. The van der Waals surface area contributed by atoms with E-state index in [9.17, 15) is 9.18 Å². The molecule has 2 aromatic carbocycles. The number of halogens is 1. The minimum atomic E-state index is -0.406. The highest BCUT2D eigenvalue weighted by Gasteiger charge is 2.12. The fourth-order valence-corrected chi connectivity index (χ4v) is 2.84. The molecule has 0 aliphatic carbocycles. The van der Waals surface area contributed by atoms with Crippen LogP contribution in [0.3, 0.4) is 0 Å². The van der Waals surface area contributed by atoms with Gasteiger partial charge in [0.25, 0.3) is 0 Å². The van der Waals surface area contributed by atoms with Gasteiger partial charge in [-0.3, -0.25) is 4.79 Å². The summed E-state index contributed by atoms with van der Waals surface area (Å²) in [5.41, 5.74) is 3.64. The average Bonchev–Trinajstić information content (AvgIpc) is 3.05. The van der Waals surface area contributed by atoms with E-state index in [2.05, 4.69) is 10.5 Å². The first kappa shape index (κ1) is 21.1. The number of hydrogen-bond acceptors (Lipinski definition) is 5. The molecule has 1 heterocycles. The van der Waals surface area contributed by atoms with E-state index in [4.69, 9.17) is 14.0 Å². The molecule has 0 saturated carbocycles. The van der Waals surface area contributed by atoms with Gasteiger partial charge in [0.1, 0.15) is 18.2 Å². The number of nitrogens with one attached hydrogen (secondary N) is 1. The first-order chi connectivity index (χ1) is 14.4. The van der Waals surface area contributed by atoms with E-state index in [0.29, 0.717) is 29.6 Å². The molecule has 0 atom stereocenters. The molecular weight excluding hydrogens is 387 g/mol. The highest BCUT2D eigenvalue weighted by atomic mass is 19.1. The van der Waals surface area contributed by atoms with Crippen molar-refractivity contribution >= 4 is 17.7 Å². The SMILES string of the molecule is COc1cc(/C=C/C(=O)Nc2cc(F)ccc2C)ccc1OCc1c(C)noc1C. The summed E-state index contributed by atoms with van der Waals surface area (Å²) in [5, 5.41) is 6.58. The summed E-state index contributed by atoms with van der Waals surface area (Å²) in [6.45, 7) is 5.80. The third kappa shape index (κ3) is 5.05. The fourth-order valence-electron chi connectivity index (χ4n) is 2.84. The van der Waals surface area contributed by atoms with E-state index < -0.39 is 5.82 Å². The van der Waals surface area contributed by atoms with Crippen molar-refractivity contribution < 1.29 is 23.2 Å². The molecule has 0 unspecified atom stereocenters. The van der Waals surface area contributed by atoms with E-state index in [1.54, 1.807) is 38.3 Å². The zero-order chi connectivity index (χ0) is 21.7. The highest BCUT2D eigenvalue weighted by molar-refractivity contribution is 6.02. The van der Waals surface area contributed by atoms with E-state index in [1.807, 2.05) is 19.9 Å². The molecule has 3 rings (SSSR count). The molecule has 3 aromatic rings. The molecule has 0 fully saturated rings. The van der Waals surface area contributed by atoms with Crippen LogP contribution in [0.4, 0.5) is 10.1 Å². The maximum absolute atomic E-state index is 13.4. The van der Waals surface area contributed by atoms with Crippen LogP contribution < -0.4 is 14.8 Å². The van der Waals surface area contributed by atoms with E-state index in [-0.39, 0.29) is 5.91 Å². The zero-order valence-corrected chi connectivity index (χ0v) is 17.3. The van der Waals surface area contributed by atoms with Gasteiger partial charge >= 0.3 is 0 Å². The highest BCUT2D eigenvalue weighted by Crippen LogP contribution is 2.30. The quantitative estimate of drug-likeness (QED) is 0.556. The third-order valence-electron chi connectivity index (χ3n) is 4.63. The first-order valence-electron chi connectivity index (χ1n) is 9.35. The predicted octanol–water partition coefficient (Wildman–Crippen LogP) is 4.98. The zero-order valence-electron chi connectivity index (χ0n) is 17.3. The smallest absolute Gasteiger partial charge is 0.248 e. The molecule has 6 nitrogen and oxygen atoms in total. The van der Waals surface area contributed by atoms with Crippen molar-refractivity contribution in [2.75, 3.05) is 12.4 Å². The molecular formula is C23H23FN2O4. The number of rotatable bonds is 7. The number of aromatic nitrogens is 1. The van der Waals surface area contributed by atoms with E-state index in [1.165, 1.54) is 18.2 Å². The van der Waals surface area contributed by atoms with Crippen molar-refractivity contribution in [2.45, 2.75) is 27.4 Å². The predicted molar refractivity (Wildman–Crippen MR) is 112 cm³/mol. The summed E-state index contributed by atoms with van der Waals surface area (Å²) in [5.74, 6) is 1.04. The Morgan fingerprint density at radius 3 is 2.67 bits per heavy atom. The Labute approximate surface area is 174 Å². The van der Waals surface area contributed by atoms with Crippen molar-refractivity contribution in [2.24, 2.45) is 0 Å². The molecule has 0 saturated heterocycles. The van der Waals surface area contributed by atoms with Crippen LogP contribution >= 0.6 is 0 Å². The standard InChI is InChI=1S/C23H23FN2O4/c1-14-5-8-18(24)12-20(14)25-23(27)10-7-17-6-9-21(22(11-17)28-4)29-13-19-15(2)26-30-16(19)3/h5-12H,13H2,1-4H3,(H,25,27)/b10-7+. The third-order valence-corrected chi connectivity index (χ3v) is 4.63. The molecule has 1 aromatic heterocycles. The second-order valence-electron chi connectivity index (χ2n) is 6.78. The Morgan fingerprint density at radius 1 is 1.17 bits per heavy atom. The topological polar surface area (TPSA) is 73.6 Å². The van der Waals surface area contributed by atoms with Crippen LogP contribution in [0.1, 0.15) is 28.1 Å². The Balaban J connectivity index is 1.68. The van der Waals surface area contributed by atoms with Crippen LogP contribution in [0.25, 0.3) is 6.08 Å². The van der Waals surface area contributed by atoms with Crippen molar-refractivity contribution in [3.8, 4) is 11.5 Å². The van der Waals surface area contributed by atoms with Gasteiger partial charge in [-0.1, -0.05) is 17.3 Å². The van der Waals surface area contributed by atoms with Gasteiger partial charge in [0.05, 0.1) is 18.4 Å². The number of hydrogen-bond donors (Lipinski definition) is 1. The summed E-state index contributed by atoms with van der Waals surface area (Å²) in [6.07, 6.45) is 3.02. The molecule has 0 radical (unpaired) electrons. The maximum Gasteiger partial charge on any atom is 0.248 e. The number of anilines is 1. The lowest BCUT2D eigenvalue weighted by Crippen LogP contribution is -2.09. The Hall–Kier alpha value is -3.61. The van der Waals surface area contributed by atoms with Crippen LogP contribution in [0.15, 0.2) is 47.0 Å². The lowest BCUT2D eigenvalue weighted by Gasteiger charge is -2.11. The van der Waals surface area contributed by atoms with Crippen LogP contribution in [0.2, 0.25) is 0 Å². The van der Waals surface area contributed by atoms with E-state index >= 15 is 0 Å². The molecule has 0 aliphatic rings. The summed E-state index contributed by atoms with van der Waals surface area (Å²) in [6, 6.07) is 9.59. The number of nitrogens with zero attached hydrogens (tertiary/aromatic N) is 1. The van der Waals surface area contributed by atoms with Crippen LogP contribution in [-0.2, 0) is 11.4 Å². The van der Waals surface area contributed by atoms with Gasteiger partial charge < -0.3 is 19.3 Å². The first-order valence-corrected chi connectivity index (χ1v) is 9.35. The number of carbonyl (C=O) groups is 1. The Bertz CT molecular complexity index is 1070. The van der Waals surface area contributed by atoms with Gasteiger partial charge in [-0.2, -0.15) is 0 Å². The molecule has 1 N–H and O–H groups in total. The van der Waals surface area contributed by atoms with Crippen LogP contribution in [-0.4, -0.2) is 18.2 Å². The molecule has 1 amide bonds. The van der Waals surface area contributed by atoms with E-state index in [0.717, 1.165) is 22.4 Å². The van der Waals surface area contributed by atoms with Crippen molar-refractivity contribution in [1.29, 1.82) is 0 Å². The number of carbonyl (C=O) groups excluding carboxylic acids is 1. The second-order valence-corrected chi connectivity index (χ2v) is 6.78. The molecule has 0 bridgehead atoms. The van der Waals surface area contributed by atoms with Crippen LogP contribution in [0, 0.1) is 26.6 Å². The summed E-state index contributed by atoms with van der Waals surface area (Å²) in [4.78, 5) is 12.2.